The fourth-order valence-electron chi connectivity index (χ4n) is 4.95. The van der Waals surface area contributed by atoms with Gasteiger partial charge in [0.05, 0.1) is 6.10 Å². The normalized spacial score (nSPS) is 12.1. The van der Waals surface area contributed by atoms with Crippen LogP contribution in [0.15, 0.2) is 60.7 Å². The number of rotatable bonds is 10. The van der Waals surface area contributed by atoms with Crippen molar-refractivity contribution < 1.29 is 5.11 Å². The van der Waals surface area contributed by atoms with Gasteiger partial charge in [-0.25, -0.2) is 15.0 Å². The Labute approximate surface area is 221 Å². The van der Waals surface area contributed by atoms with Gasteiger partial charge in [0.1, 0.15) is 0 Å². The van der Waals surface area contributed by atoms with E-state index in [9.17, 15) is 5.11 Å². The molecule has 4 aromatic rings. The predicted molar refractivity (Wildman–Crippen MR) is 154 cm³/mol. The van der Waals surface area contributed by atoms with Gasteiger partial charge in [0.15, 0.2) is 17.5 Å². The first-order chi connectivity index (χ1) is 17.9. The van der Waals surface area contributed by atoms with Crippen LogP contribution in [0.2, 0.25) is 0 Å². The maximum atomic E-state index is 10.8. The monoisotopic (exact) mass is 493 g/mol. The second kappa shape index (κ2) is 12.2. The van der Waals surface area contributed by atoms with Crippen molar-refractivity contribution in [2.45, 2.75) is 79.2 Å². The third-order valence-corrected chi connectivity index (χ3v) is 6.99. The van der Waals surface area contributed by atoms with Crippen molar-refractivity contribution in [2.75, 3.05) is 0 Å². The predicted octanol–water partition coefficient (Wildman–Crippen LogP) is 7.98. The number of aliphatic hydroxyl groups excluding tert-OH is 1. The number of nitrogens with zero attached hydrogens (tertiary/aromatic N) is 3. The smallest absolute Gasteiger partial charge is 0.164 e. The molecule has 0 aliphatic heterocycles. The molecule has 37 heavy (non-hydrogen) atoms. The molecule has 1 atom stereocenters. The van der Waals surface area contributed by atoms with Gasteiger partial charge in [0.2, 0.25) is 0 Å². The van der Waals surface area contributed by atoms with Gasteiger partial charge in [-0.05, 0) is 57.2 Å². The summed E-state index contributed by atoms with van der Waals surface area (Å²) in [6.45, 7) is 10.6. The van der Waals surface area contributed by atoms with Crippen molar-refractivity contribution in [3.63, 3.8) is 0 Å². The molecule has 1 unspecified atom stereocenters. The topological polar surface area (TPSA) is 58.9 Å². The minimum atomic E-state index is -0.377. The molecular weight excluding hydrogens is 454 g/mol. The molecule has 3 aromatic carbocycles. The molecule has 0 spiro atoms. The highest BCUT2D eigenvalue weighted by Gasteiger charge is 2.18. The van der Waals surface area contributed by atoms with Crippen LogP contribution in [0.25, 0.3) is 34.2 Å². The fraction of sp³-hybridized carbons (Fsp3) is 0.364. The van der Waals surface area contributed by atoms with Crippen LogP contribution in [-0.4, -0.2) is 26.2 Å². The zero-order valence-electron chi connectivity index (χ0n) is 22.9. The Bertz CT molecular complexity index is 1290. The van der Waals surface area contributed by atoms with Gasteiger partial charge >= 0.3 is 0 Å². The van der Waals surface area contributed by atoms with Crippen LogP contribution in [0.1, 0.15) is 66.8 Å². The van der Waals surface area contributed by atoms with E-state index in [4.69, 9.17) is 15.0 Å². The molecule has 4 heteroatoms. The molecule has 0 aliphatic rings. The highest BCUT2D eigenvalue weighted by atomic mass is 16.3. The number of aliphatic hydroxyl groups is 1. The summed E-state index contributed by atoms with van der Waals surface area (Å²) in [5, 5.41) is 10.8. The molecule has 0 fully saturated rings. The van der Waals surface area contributed by atoms with Crippen LogP contribution in [0.3, 0.4) is 0 Å². The maximum Gasteiger partial charge on any atom is 0.164 e. The first-order valence-electron chi connectivity index (χ1n) is 13.5. The number of aromatic nitrogens is 3. The van der Waals surface area contributed by atoms with Crippen LogP contribution in [0, 0.1) is 27.7 Å². The first-order valence-corrected chi connectivity index (χ1v) is 13.5. The number of hydrogen-bond donors (Lipinski definition) is 1. The summed E-state index contributed by atoms with van der Waals surface area (Å²) in [5.41, 5.74) is 8.73. The van der Waals surface area contributed by atoms with Crippen LogP contribution < -0.4 is 0 Å². The van der Waals surface area contributed by atoms with Gasteiger partial charge in [0, 0.05) is 16.7 Å². The molecule has 0 aliphatic carbocycles. The van der Waals surface area contributed by atoms with Crippen molar-refractivity contribution in [1.82, 2.24) is 15.0 Å². The molecule has 0 bridgehead atoms. The Morgan fingerprint density at radius 2 is 1.19 bits per heavy atom. The second-order valence-corrected chi connectivity index (χ2v) is 10.3. The van der Waals surface area contributed by atoms with Gasteiger partial charge in [-0.3, -0.25) is 0 Å². The van der Waals surface area contributed by atoms with E-state index in [-0.39, 0.29) is 6.10 Å². The van der Waals surface area contributed by atoms with E-state index in [1.54, 1.807) is 0 Å². The second-order valence-electron chi connectivity index (χ2n) is 10.3. The van der Waals surface area contributed by atoms with Crippen molar-refractivity contribution >= 4 is 0 Å². The fourth-order valence-corrected chi connectivity index (χ4v) is 4.95. The number of hydrogen-bond acceptors (Lipinski definition) is 4. The summed E-state index contributed by atoms with van der Waals surface area (Å²) < 4.78 is 0. The third kappa shape index (κ3) is 6.69. The van der Waals surface area contributed by atoms with Gasteiger partial charge < -0.3 is 5.11 Å². The van der Waals surface area contributed by atoms with Crippen LogP contribution in [-0.2, 0) is 6.42 Å². The Kier molecular flexibility index (Phi) is 8.83. The summed E-state index contributed by atoms with van der Waals surface area (Å²) in [6.07, 6.45) is 5.66. The van der Waals surface area contributed by atoms with Crippen molar-refractivity contribution in [3.8, 4) is 34.2 Å². The Hall–Kier alpha value is -3.37. The Balaban J connectivity index is 1.79. The summed E-state index contributed by atoms with van der Waals surface area (Å²) in [7, 11) is 0. The van der Waals surface area contributed by atoms with Crippen molar-refractivity contribution in [1.29, 1.82) is 0 Å². The highest BCUT2D eigenvalue weighted by molar-refractivity contribution is 5.70. The quantitative estimate of drug-likeness (QED) is 0.228. The molecule has 0 amide bonds. The van der Waals surface area contributed by atoms with Crippen molar-refractivity contribution in [2.24, 2.45) is 0 Å². The van der Waals surface area contributed by atoms with E-state index in [1.165, 1.54) is 30.4 Å². The summed E-state index contributed by atoms with van der Waals surface area (Å²) in [6, 6.07) is 20.9. The molecule has 4 nitrogen and oxygen atoms in total. The van der Waals surface area contributed by atoms with Gasteiger partial charge in [-0.15, -0.1) is 0 Å². The van der Waals surface area contributed by atoms with E-state index < -0.39 is 0 Å². The van der Waals surface area contributed by atoms with E-state index in [0.29, 0.717) is 23.9 Å². The summed E-state index contributed by atoms with van der Waals surface area (Å²) in [5.74, 6) is 1.99. The third-order valence-electron chi connectivity index (χ3n) is 6.99. The zero-order chi connectivity index (χ0) is 26.4. The molecule has 1 N–H and O–H groups in total. The van der Waals surface area contributed by atoms with Gasteiger partial charge in [-0.2, -0.15) is 0 Å². The Morgan fingerprint density at radius 1 is 0.649 bits per heavy atom. The molecule has 1 aromatic heterocycles. The molecular formula is C33H39N3O. The summed E-state index contributed by atoms with van der Waals surface area (Å²) in [4.78, 5) is 14.9. The molecule has 4 rings (SSSR count). The minimum Gasteiger partial charge on any atom is -0.393 e. The molecule has 1 heterocycles. The lowest BCUT2D eigenvalue weighted by Crippen LogP contribution is -2.12. The highest BCUT2D eigenvalue weighted by Crippen LogP contribution is 2.30. The lowest BCUT2D eigenvalue weighted by Gasteiger charge is -2.15. The average molecular weight is 494 g/mol. The zero-order valence-corrected chi connectivity index (χ0v) is 22.9. The Morgan fingerprint density at radius 3 is 1.73 bits per heavy atom. The van der Waals surface area contributed by atoms with Gasteiger partial charge in [-0.1, -0.05) is 104 Å². The molecule has 0 saturated heterocycles. The van der Waals surface area contributed by atoms with Crippen LogP contribution >= 0.6 is 0 Å². The lowest BCUT2D eigenvalue weighted by atomic mass is 9.97. The average Bonchev–Trinajstić information content (AvgIpc) is 2.87. The number of unbranched alkanes of at least 4 members (excludes halogenated alkanes) is 3. The maximum absolute atomic E-state index is 10.8. The van der Waals surface area contributed by atoms with E-state index in [1.807, 2.05) is 12.1 Å². The number of benzene rings is 3. The van der Waals surface area contributed by atoms with Crippen LogP contribution in [0.5, 0.6) is 0 Å². The van der Waals surface area contributed by atoms with E-state index in [2.05, 4.69) is 83.1 Å². The van der Waals surface area contributed by atoms with E-state index in [0.717, 1.165) is 46.2 Å². The SMILES string of the molecule is CCCCCCC(O)Cc1ccccc1-c1nc(-c2ccc(C)cc2C)nc(-c2ccc(C)cc2C)n1. The standard InChI is InChI=1S/C33H39N3O/c1-6-7-8-9-13-27(37)21-26-12-10-11-14-30(26)33-35-31(28-17-15-22(2)19-24(28)4)34-32(36-33)29-18-16-23(3)20-25(29)5/h10-12,14-20,27,37H,6-9,13,21H2,1-5H3. The molecule has 0 saturated carbocycles. The van der Waals surface area contributed by atoms with Gasteiger partial charge in [0.25, 0.3) is 0 Å². The minimum absolute atomic E-state index is 0.377. The summed E-state index contributed by atoms with van der Waals surface area (Å²) >= 11 is 0. The molecule has 192 valence electrons. The van der Waals surface area contributed by atoms with Crippen molar-refractivity contribution in [3.05, 3.63) is 88.5 Å². The first kappa shape index (κ1) is 26.7. The van der Waals surface area contributed by atoms with E-state index >= 15 is 0 Å². The van der Waals surface area contributed by atoms with Crippen LogP contribution in [0.4, 0.5) is 0 Å². The number of aryl methyl sites for hydroxylation is 4. The lowest BCUT2D eigenvalue weighted by molar-refractivity contribution is 0.161. The largest absolute Gasteiger partial charge is 0.393 e. The molecule has 0 radical (unpaired) electrons.